The van der Waals surface area contributed by atoms with Crippen molar-refractivity contribution in [2.45, 2.75) is 24.3 Å². The van der Waals surface area contributed by atoms with Crippen LogP contribution in [0.4, 0.5) is 0 Å². The normalized spacial score (nSPS) is 14.1. The van der Waals surface area contributed by atoms with Gasteiger partial charge in [0.15, 0.2) is 0 Å². The van der Waals surface area contributed by atoms with Crippen LogP contribution in [0, 0.1) is 0 Å². The van der Waals surface area contributed by atoms with Gasteiger partial charge < -0.3 is 0 Å². The van der Waals surface area contributed by atoms with Gasteiger partial charge in [-0.15, -0.1) is 11.8 Å². The van der Waals surface area contributed by atoms with Gasteiger partial charge in [-0.05, 0) is 37.1 Å². The fraction of sp³-hybridized carbons (Fsp3) is 0.250. The van der Waals surface area contributed by atoms with Crippen molar-refractivity contribution in [2.24, 2.45) is 0 Å². The average Bonchev–Trinajstić information content (AvgIpc) is 2.39. The first-order valence-electron chi connectivity index (χ1n) is 6.24. The molecule has 100 valence electrons. The molecule has 2 atom stereocenters. The maximum Gasteiger partial charge on any atom is 0.0286 e. The van der Waals surface area contributed by atoms with Gasteiger partial charge >= 0.3 is 0 Å². The highest BCUT2D eigenvalue weighted by atomic mass is 79.9. The predicted molar refractivity (Wildman–Crippen MR) is 92.7 cm³/mol. The highest BCUT2D eigenvalue weighted by molar-refractivity contribution is 9.10. The standard InChI is InChI=1S/C16H16Br2S/c1-11(13-7-3-5-9-15(13)17)19-12(2)14-8-4-6-10-16(14)18/h3-12H,1-2H3. The van der Waals surface area contributed by atoms with Crippen LogP contribution in [0.1, 0.15) is 35.5 Å². The van der Waals surface area contributed by atoms with Crippen LogP contribution in [-0.4, -0.2) is 0 Å². The second-order valence-electron chi connectivity index (χ2n) is 4.46. The molecule has 2 aromatic carbocycles. The Kier molecular flexibility index (Phi) is 5.55. The molecular formula is C16H16Br2S. The summed E-state index contributed by atoms with van der Waals surface area (Å²) in [6.07, 6.45) is 0. The van der Waals surface area contributed by atoms with Crippen molar-refractivity contribution in [1.29, 1.82) is 0 Å². The lowest BCUT2D eigenvalue weighted by Crippen LogP contribution is -1.96. The topological polar surface area (TPSA) is 0 Å². The van der Waals surface area contributed by atoms with Gasteiger partial charge in [0, 0.05) is 19.4 Å². The summed E-state index contributed by atoms with van der Waals surface area (Å²) in [5.41, 5.74) is 2.71. The second kappa shape index (κ2) is 6.96. The van der Waals surface area contributed by atoms with Crippen LogP contribution < -0.4 is 0 Å². The van der Waals surface area contributed by atoms with Gasteiger partial charge in [-0.2, -0.15) is 0 Å². The van der Waals surface area contributed by atoms with Crippen molar-refractivity contribution in [2.75, 3.05) is 0 Å². The zero-order valence-corrected chi connectivity index (χ0v) is 14.9. The lowest BCUT2D eigenvalue weighted by molar-refractivity contribution is 1.03. The minimum absolute atomic E-state index is 0.456. The van der Waals surface area contributed by atoms with Crippen LogP contribution in [0.15, 0.2) is 57.5 Å². The van der Waals surface area contributed by atoms with Crippen LogP contribution in [-0.2, 0) is 0 Å². The Morgan fingerprint density at radius 3 is 1.47 bits per heavy atom. The molecular weight excluding hydrogens is 384 g/mol. The van der Waals surface area contributed by atoms with Gasteiger partial charge in [0.25, 0.3) is 0 Å². The monoisotopic (exact) mass is 398 g/mol. The lowest BCUT2D eigenvalue weighted by atomic mass is 10.2. The molecule has 0 bridgehead atoms. The Hall–Kier alpha value is -0.250. The predicted octanol–water partition coefficient (Wildman–Crippen LogP) is 6.77. The van der Waals surface area contributed by atoms with Crippen LogP contribution in [0.5, 0.6) is 0 Å². The smallest absolute Gasteiger partial charge is 0.0286 e. The number of thioether (sulfide) groups is 1. The third-order valence-corrected chi connectivity index (χ3v) is 5.86. The van der Waals surface area contributed by atoms with Gasteiger partial charge in [-0.3, -0.25) is 0 Å². The third-order valence-electron chi connectivity index (χ3n) is 3.09. The summed E-state index contributed by atoms with van der Waals surface area (Å²) in [6, 6.07) is 16.9. The van der Waals surface area contributed by atoms with Crippen LogP contribution in [0.25, 0.3) is 0 Å². The van der Waals surface area contributed by atoms with E-state index in [0.717, 1.165) is 0 Å². The maximum atomic E-state index is 3.63. The van der Waals surface area contributed by atoms with Crippen molar-refractivity contribution < 1.29 is 0 Å². The molecule has 2 aromatic rings. The fourth-order valence-corrected chi connectivity index (χ4v) is 4.94. The summed E-state index contributed by atoms with van der Waals surface area (Å²) in [6.45, 7) is 4.52. The molecule has 0 aromatic heterocycles. The van der Waals surface area contributed by atoms with Gasteiger partial charge in [-0.1, -0.05) is 68.3 Å². The van der Waals surface area contributed by atoms with E-state index in [2.05, 4.69) is 94.2 Å². The summed E-state index contributed by atoms with van der Waals surface area (Å²) >= 11 is 9.24. The second-order valence-corrected chi connectivity index (χ2v) is 7.86. The van der Waals surface area contributed by atoms with E-state index in [1.807, 2.05) is 11.8 Å². The Balaban J connectivity index is 2.13. The summed E-state index contributed by atoms with van der Waals surface area (Å²) < 4.78 is 2.38. The molecule has 2 unspecified atom stereocenters. The first kappa shape index (κ1) is 15.1. The molecule has 0 heterocycles. The van der Waals surface area contributed by atoms with Gasteiger partial charge in [0.2, 0.25) is 0 Å². The van der Waals surface area contributed by atoms with E-state index in [1.165, 1.54) is 20.1 Å². The number of benzene rings is 2. The van der Waals surface area contributed by atoms with Crippen LogP contribution in [0.3, 0.4) is 0 Å². The average molecular weight is 400 g/mol. The maximum absolute atomic E-state index is 3.63. The Morgan fingerprint density at radius 1 is 0.737 bits per heavy atom. The SMILES string of the molecule is CC(SC(C)c1ccccc1Br)c1ccccc1Br. The third kappa shape index (κ3) is 3.87. The molecule has 0 N–H and O–H groups in total. The van der Waals surface area contributed by atoms with Gasteiger partial charge in [-0.25, -0.2) is 0 Å². The Labute approximate surface area is 136 Å². The van der Waals surface area contributed by atoms with E-state index >= 15 is 0 Å². The van der Waals surface area contributed by atoms with E-state index in [4.69, 9.17) is 0 Å². The van der Waals surface area contributed by atoms with E-state index in [0.29, 0.717) is 10.5 Å². The number of hydrogen-bond donors (Lipinski definition) is 0. The first-order valence-corrected chi connectivity index (χ1v) is 8.76. The zero-order valence-electron chi connectivity index (χ0n) is 10.9. The lowest BCUT2D eigenvalue weighted by Gasteiger charge is -2.19. The van der Waals surface area contributed by atoms with E-state index < -0.39 is 0 Å². The van der Waals surface area contributed by atoms with Crippen molar-refractivity contribution in [3.63, 3.8) is 0 Å². The molecule has 2 rings (SSSR count). The zero-order chi connectivity index (χ0) is 13.8. The molecule has 0 saturated heterocycles. The van der Waals surface area contributed by atoms with Crippen LogP contribution in [0.2, 0.25) is 0 Å². The molecule has 3 heteroatoms. The van der Waals surface area contributed by atoms with Crippen molar-refractivity contribution >= 4 is 43.6 Å². The van der Waals surface area contributed by atoms with E-state index in [9.17, 15) is 0 Å². The van der Waals surface area contributed by atoms with Gasteiger partial charge in [0.1, 0.15) is 0 Å². The Bertz CT molecular complexity index is 504. The minimum Gasteiger partial charge on any atom is -0.146 e. The highest BCUT2D eigenvalue weighted by Gasteiger charge is 2.16. The minimum atomic E-state index is 0.456. The quantitative estimate of drug-likeness (QED) is 0.546. The molecule has 0 aliphatic heterocycles. The molecule has 0 aliphatic carbocycles. The largest absolute Gasteiger partial charge is 0.146 e. The molecule has 0 fully saturated rings. The number of halogens is 2. The molecule has 19 heavy (non-hydrogen) atoms. The number of rotatable bonds is 4. The molecule has 0 radical (unpaired) electrons. The fourth-order valence-electron chi connectivity index (χ4n) is 2.06. The van der Waals surface area contributed by atoms with Crippen molar-refractivity contribution in [3.05, 3.63) is 68.6 Å². The molecule has 0 aliphatic rings. The summed E-state index contributed by atoms with van der Waals surface area (Å²) in [4.78, 5) is 0. The summed E-state index contributed by atoms with van der Waals surface area (Å²) in [7, 11) is 0. The van der Waals surface area contributed by atoms with Gasteiger partial charge in [0.05, 0.1) is 0 Å². The molecule has 0 saturated carbocycles. The first-order chi connectivity index (χ1) is 9.09. The number of hydrogen-bond acceptors (Lipinski definition) is 1. The van der Waals surface area contributed by atoms with E-state index in [1.54, 1.807) is 0 Å². The van der Waals surface area contributed by atoms with E-state index in [-0.39, 0.29) is 0 Å². The Morgan fingerprint density at radius 2 is 1.11 bits per heavy atom. The van der Waals surface area contributed by atoms with Crippen LogP contribution >= 0.6 is 43.6 Å². The van der Waals surface area contributed by atoms with Crippen molar-refractivity contribution in [3.8, 4) is 0 Å². The van der Waals surface area contributed by atoms with Crippen molar-refractivity contribution in [1.82, 2.24) is 0 Å². The highest BCUT2D eigenvalue weighted by Crippen LogP contribution is 2.43. The molecule has 0 nitrogen and oxygen atoms in total. The molecule has 0 spiro atoms. The molecule has 0 amide bonds. The summed E-state index contributed by atoms with van der Waals surface area (Å²) in [5.74, 6) is 0. The summed E-state index contributed by atoms with van der Waals surface area (Å²) in [5, 5.41) is 0.912.